The summed E-state index contributed by atoms with van der Waals surface area (Å²) in [7, 11) is 0. The SMILES string of the molecule is CC(C)(C)OC(=O)n1nc(N2CC(F)(F)C(F)(F)C2)c2c([N+](=O)[O-])cccc21. The topological polar surface area (TPSA) is 90.5 Å². The molecule has 0 radical (unpaired) electrons. The van der Waals surface area contributed by atoms with E-state index in [0.29, 0.717) is 9.58 Å². The predicted octanol–water partition coefficient (Wildman–Crippen LogP) is 3.82. The Morgan fingerprint density at radius 2 is 1.79 bits per heavy atom. The zero-order valence-corrected chi connectivity index (χ0v) is 15.1. The van der Waals surface area contributed by atoms with Gasteiger partial charge in [0.1, 0.15) is 11.0 Å². The third-order valence-corrected chi connectivity index (χ3v) is 4.04. The van der Waals surface area contributed by atoms with Crippen molar-refractivity contribution in [3.63, 3.8) is 0 Å². The van der Waals surface area contributed by atoms with Gasteiger partial charge in [0.2, 0.25) is 0 Å². The van der Waals surface area contributed by atoms with Crippen molar-refractivity contribution in [2.75, 3.05) is 18.0 Å². The number of benzene rings is 1. The molecule has 0 bridgehead atoms. The monoisotopic (exact) mass is 404 g/mol. The number of nitro groups is 1. The number of anilines is 1. The van der Waals surface area contributed by atoms with E-state index >= 15 is 0 Å². The molecule has 0 saturated carbocycles. The fourth-order valence-corrected chi connectivity index (χ4v) is 2.87. The summed E-state index contributed by atoms with van der Waals surface area (Å²) in [4.78, 5) is 23.5. The summed E-state index contributed by atoms with van der Waals surface area (Å²) in [5.41, 5.74) is -1.61. The molecule has 0 N–H and O–H groups in total. The van der Waals surface area contributed by atoms with Crippen LogP contribution in [-0.4, -0.2) is 51.3 Å². The number of aromatic nitrogens is 2. The molecule has 1 fully saturated rings. The average molecular weight is 404 g/mol. The van der Waals surface area contributed by atoms with E-state index in [-0.39, 0.29) is 10.9 Å². The van der Waals surface area contributed by atoms with Gasteiger partial charge in [0.15, 0.2) is 5.82 Å². The summed E-state index contributed by atoms with van der Waals surface area (Å²) < 4.78 is 60.4. The maximum Gasteiger partial charge on any atom is 0.435 e. The van der Waals surface area contributed by atoms with Crippen molar-refractivity contribution in [2.45, 2.75) is 38.2 Å². The van der Waals surface area contributed by atoms with Crippen LogP contribution in [0.3, 0.4) is 0 Å². The van der Waals surface area contributed by atoms with E-state index in [9.17, 15) is 32.5 Å². The number of nitro benzene ring substituents is 1. The zero-order valence-electron chi connectivity index (χ0n) is 15.1. The fourth-order valence-electron chi connectivity index (χ4n) is 2.87. The van der Waals surface area contributed by atoms with Crippen LogP contribution in [0.5, 0.6) is 0 Å². The summed E-state index contributed by atoms with van der Waals surface area (Å²) in [6, 6.07) is 3.62. The Balaban J connectivity index is 2.20. The van der Waals surface area contributed by atoms with Gasteiger partial charge in [0, 0.05) is 6.07 Å². The minimum absolute atomic E-state index is 0.114. The van der Waals surface area contributed by atoms with E-state index in [4.69, 9.17) is 4.74 Å². The third-order valence-electron chi connectivity index (χ3n) is 4.04. The van der Waals surface area contributed by atoms with Gasteiger partial charge in [-0.1, -0.05) is 6.07 Å². The second-order valence-electron chi connectivity index (χ2n) is 7.41. The number of non-ortho nitro benzene ring substituents is 1. The predicted molar refractivity (Wildman–Crippen MR) is 90.1 cm³/mol. The fraction of sp³-hybridized carbons (Fsp3) is 0.500. The first-order valence-corrected chi connectivity index (χ1v) is 8.14. The van der Waals surface area contributed by atoms with Crippen molar-refractivity contribution < 1.29 is 32.0 Å². The molecule has 0 amide bonds. The van der Waals surface area contributed by atoms with Crippen molar-refractivity contribution in [2.24, 2.45) is 0 Å². The van der Waals surface area contributed by atoms with E-state index < -0.39 is 53.1 Å². The first-order chi connectivity index (χ1) is 12.7. The number of alkyl halides is 4. The van der Waals surface area contributed by atoms with E-state index in [1.807, 2.05) is 0 Å². The quantitative estimate of drug-likeness (QED) is 0.429. The van der Waals surface area contributed by atoms with E-state index in [1.165, 1.54) is 12.1 Å². The second-order valence-corrected chi connectivity index (χ2v) is 7.41. The van der Waals surface area contributed by atoms with Crippen LogP contribution in [0.2, 0.25) is 0 Å². The highest BCUT2D eigenvalue weighted by Crippen LogP contribution is 2.45. The lowest BCUT2D eigenvalue weighted by atomic mass is 10.2. The molecule has 0 spiro atoms. The Morgan fingerprint density at radius 3 is 2.29 bits per heavy atom. The Bertz CT molecular complexity index is 951. The molecule has 1 aromatic carbocycles. The summed E-state index contributed by atoms with van der Waals surface area (Å²) in [6.45, 7) is 1.92. The molecule has 0 unspecified atom stereocenters. The first kappa shape index (κ1) is 19.8. The van der Waals surface area contributed by atoms with E-state index in [2.05, 4.69) is 5.10 Å². The summed E-state index contributed by atoms with van der Waals surface area (Å²) >= 11 is 0. The number of carbonyl (C=O) groups excluding carboxylic acids is 1. The minimum Gasteiger partial charge on any atom is -0.442 e. The van der Waals surface area contributed by atoms with E-state index in [1.54, 1.807) is 20.8 Å². The van der Waals surface area contributed by atoms with Crippen LogP contribution in [0, 0.1) is 10.1 Å². The maximum absolute atomic E-state index is 13.7. The molecule has 12 heteroatoms. The molecule has 0 atom stereocenters. The molecule has 1 aliphatic heterocycles. The van der Waals surface area contributed by atoms with Gasteiger partial charge in [-0.25, -0.2) is 4.79 Å². The van der Waals surface area contributed by atoms with Crippen LogP contribution in [0.15, 0.2) is 18.2 Å². The first-order valence-electron chi connectivity index (χ1n) is 8.14. The molecular formula is C16H16F4N4O4. The molecule has 0 aliphatic carbocycles. The largest absolute Gasteiger partial charge is 0.442 e. The number of halogens is 4. The van der Waals surface area contributed by atoms with Crippen LogP contribution in [0.1, 0.15) is 20.8 Å². The van der Waals surface area contributed by atoms with Gasteiger partial charge in [-0.3, -0.25) is 10.1 Å². The highest BCUT2D eigenvalue weighted by molar-refractivity contribution is 6.02. The van der Waals surface area contributed by atoms with Gasteiger partial charge in [-0.05, 0) is 26.8 Å². The number of rotatable bonds is 2. The second kappa shape index (κ2) is 6.04. The van der Waals surface area contributed by atoms with Crippen LogP contribution in [-0.2, 0) is 4.74 Å². The lowest BCUT2D eigenvalue weighted by Gasteiger charge is -2.19. The standard InChI is InChI=1S/C16H16F4N4O4/c1-14(2,3)28-13(25)23-9-5-4-6-10(24(26)27)11(9)12(21-23)22-7-15(17,18)16(19,20)8-22/h4-6H,7-8H2,1-3H3. The number of nitrogens with zero attached hydrogens (tertiary/aromatic N) is 4. The summed E-state index contributed by atoms with van der Waals surface area (Å²) in [5, 5.41) is 14.9. The van der Waals surface area contributed by atoms with Crippen molar-refractivity contribution in [3.8, 4) is 0 Å². The lowest BCUT2D eigenvalue weighted by molar-refractivity contribution is -0.383. The lowest BCUT2D eigenvalue weighted by Crippen LogP contribution is -2.38. The highest BCUT2D eigenvalue weighted by Gasteiger charge is 2.63. The van der Waals surface area contributed by atoms with Crippen molar-refractivity contribution in [1.29, 1.82) is 0 Å². The van der Waals surface area contributed by atoms with Gasteiger partial charge in [-0.2, -0.15) is 22.2 Å². The maximum atomic E-state index is 13.7. The van der Waals surface area contributed by atoms with Crippen LogP contribution >= 0.6 is 0 Å². The molecule has 1 saturated heterocycles. The van der Waals surface area contributed by atoms with Gasteiger partial charge in [-0.15, -0.1) is 5.10 Å². The number of carbonyl (C=O) groups is 1. The van der Waals surface area contributed by atoms with Gasteiger partial charge in [0.05, 0.1) is 23.5 Å². The molecular weight excluding hydrogens is 388 g/mol. The zero-order chi connectivity index (χ0) is 21.1. The molecule has 8 nitrogen and oxygen atoms in total. The Labute approximate surface area is 155 Å². The third kappa shape index (κ3) is 3.22. The minimum atomic E-state index is -4.35. The molecule has 28 heavy (non-hydrogen) atoms. The Morgan fingerprint density at radius 1 is 1.21 bits per heavy atom. The van der Waals surface area contributed by atoms with Crippen LogP contribution in [0.4, 0.5) is 33.9 Å². The van der Waals surface area contributed by atoms with Crippen LogP contribution in [0.25, 0.3) is 10.9 Å². The van der Waals surface area contributed by atoms with E-state index in [0.717, 1.165) is 6.07 Å². The number of hydrogen-bond acceptors (Lipinski definition) is 6. The van der Waals surface area contributed by atoms with Crippen molar-refractivity contribution >= 4 is 28.5 Å². The molecule has 1 aliphatic rings. The number of ether oxygens (including phenoxy) is 1. The number of hydrogen-bond donors (Lipinski definition) is 0. The van der Waals surface area contributed by atoms with Gasteiger partial charge in [0.25, 0.3) is 5.69 Å². The molecule has 2 heterocycles. The smallest absolute Gasteiger partial charge is 0.435 e. The van der Waals surface area contributed by atoms with Crippen molar-refractivity contribution in [1.82, 2.24) is 9.78 Å². The Kier molecular flexibility index (Phi) is 4.28. The summed E-state index contributed by atoms with van der Waals surface area (Å²) in [5.74, 6) is -9.21. The van der Waals surface area contributed by atoms with Gasteiger partial charge >= 0.3 is 17.9 Å². The normalized spacial score (nSPS) is 18.5. The summed E-state index contributed by atoms with van der Waals surface area (Å²) in [6.07, 6.45) is -1.03. The number of fused-ring (bicyclic) bond motifs is 1. The average Bonchev–Trinajstić information content (AvgIpc) is 3.00. The molecule has 152 valence electrons. The van der Waals surface area contributed by atoms with Gasteiger partial charge < -0.3 is 9.64 Å². The highest BCUT2D eigenvalue weighted by atomic mass is 19.3. The molecule has 1 aromatic heterocycles. The van der Waals surface area contributed by atoms with Crippen LogP contribution < -0.4 is 4.90 Å². The molecule has 2 aromatic rings. The molecule has 3 rings (SSSR count). The van der Waals surface area contributed by atoms with Crippen molar-refractivity contribution in [3.05, 3.63) is 28.3 Å². The Hall–Kier alpha value is -2.92.